The van der Waals surface area contributed by atoms with Crippen molar-refractivity contribution in [1.29, 1.82) is 0 Å². The van der Waals surface area contributed by atoms with Gasteiger partial charge >= 0.3 is 0 Å². The van der Waals surface area contributed by atoms with Gasteiger partial charge in [-0.3, -0.25) is 4.79 Å². The number of nitrogens with zero attached hydrogens (tertiary/aromatic N) is 3. The van der Waals surface area contributed by atoms with E-state index < -0.39 is 15.7 Å². The molecule has 5 rings (SSSR count). The van der Waals surface area contributed by atoms with Gasteiger partial charge in [-0.05, 0) is 61.9 Å². The maximum atomic E-state index is 14.2. The van der Waals surface area contributed by atoms with Crippen LogP contribution in [0.15, 0.2) is 82.6 Å². The molecule has 0 aliphatic heterocycles. The van der Waals surface area contributed by atoms with Crippen molar-refractivity contribution < 1.29 is 13.2 Å². The summed E-state index contributed by atoms with van der Waals surface area (Å²) in [5, 5.41) is 3.39. The maximum Gasteiger partial charge on any atom is 0.256 e. The normalized spacial score (nSPS) is 11.8. The summed E-state index contributed by atoms with van der Waals surface area (Å²) in [5.41, 5.74) is 3.15. The monoisotopic (exact) mass is 546 g/mol. The van der Waals surface area contributed by atoms with Crippen molar-refractivity contribution in [2.75, 3.05) is 5.32 Å². The van der Waals surface area contributed by atoms with Crippen molar-refractivity contribution >= 4 is 55.4 Å². The van der Waals surface area contributed by atoms with Gasteiger partial charge in [0.1, 0.15) is 16.2 Å². The van der Waals surface area contributed by atoms with Crippen LogP contribution in [0.2, 0.25) is 5.02 Å². The average Bonchev–Trinajstić information content (AvgIpc) is 3.20. The van der Waals surface area contributed by atoms with Crippen molar-refractivity contribution in [3.63, 3.8) is 0 Å². The minimum Gasteiger partial charge on any atom is -0.309 e. The Labute approximate surface area is 226 Å². The Morgan fingerprint density at radius 1 is 0.921 bits per heavy atom. The largest absolute Gasteiger partial charge is 0.309 e. The number of carbonyl (C=O) groups excluding carboxylic acids is 1. The van der Waals surface area contributed by atoms with Crippen molar-refractivity contribution in [3.8, 4) is 0 Å². The molecule has 194 valence electrons. The number of carbonyl (C=O) groups is 1. The fraction of sp³-hybridized carbons (Fsp3) is 0.207. The minimum atomic E-state index is -4.09. The molecule has 0 atom stereocenters. The van der Waals surface area contributed by atoms with Gasteiger partial charge in [0.15, 0.2) is 5.65 Å². The number of halogens is 1. The van der Waals surface area contributed by atoms with Gasteiger partial charge in [-0.25, -0.2) is 18.4 Å². The Kier molecular flexibility index (Phi) is 7.19. The molecule has 7 nitrogen and oxygen atoms in total. The molecule has 3 aromatic carbocycles. The number of rotatable bonds is 8. The molecule has 0 aliphatic rings. The second-order valence-electron chi connectivity index (χ2n) is 9.20. The van der Waals surface area contributed by atoms with E-state index in [0.29, 0.717) is 33.8 Å². The van der Waals surface area contributed by atoms with Crippen LogP contribution in [0.3, 0.4) is 0 Å². The second kappa shape index (κ2) is 10.6. The van der Waals surface area contributed by atoms with E-state index in [1.54, 1.807) is 59.2 Å². The molecule has 0 saturated carbocycles. The first-order valence-corrected chi connectivity index (χ1v) is 14.3. The number of anilines is 1. The van der Waals surface area contributed by atoms with Crippen molar-refractivity contribution in [2.45, 2.75) is 49.4 Å². The van der Waals surface area contributed by atoms with E-state index in [0.717, 1.165) is 24.8 Å². The molecular weight excluding hydrogens is 520 g/mol. The van der Waals surface area contributed by atoms with Gasteiger partial charge in [-0.2, -0.15) is 0 Å². The number of aromatic nitrogens is 3. The number of benzene rings is 3. The third-order valence-electron chi connectivity index (χ3n) is 6.43. The van der Waals surface area contributed by atoms with Crippen LogP contribution in [-0.2, 0) is 16.4 Å². The lowest BCUT2D eigenvalue weighted by Gasteiger charge is -2.13. The fourth-order valence-corrected chi connectivity index (χ4v) is 6.07. The van der Waals surface area contributed by atoms with Gasteiger partial charge in [0.25, 0.3) is 5.91 Å². The Morgan fingerprint density at radius 2 is 1.58 bits per heavy atom. The minimum absolute atomic E-state index is 0.0616. The summed E-state index contributed by atoms with van der Waals surface area (Å²) in [6.07, 6.45) is 2.70. The predicted octanol–water partition coefficient (Wildman–Crippen LogP) is 6.82. The Hall–Kier alpha value is -3.75. The predicted molar refractivity (Wildman–Crippen MR) is 151 cm³/mol. The molecule has 1 amide bonds. The zero-order chi connectivity index (χ0) is 26.9. The van der Waals surface area contributed by atoms with E-state index in [2.05, 4.69) is 12.2 Å². The van der Waals surface area contributed by atoms with Crippen LogP contribution in [0.25, 0.3) is 22.2 Å². The highest BCUT2D eigenvalue weighted by Gasteiger charge is 2.32. The van der Waals surface area contributed by atoms with E-state index in [1.165, 1.54) is 0 Å². The van der Waals surface area contributed by atoms with E-state index >= 15 is 0 Å². The van der Waals surface area contributed by atoms with Gasteiger partial charge in [-0.1, -0.05) is 61.2 Å². The number of para-hydroxylation sites is 2. The third kappa shape index (κ3) is 4.89. The van der Waals surface area contributed by atoms with Crippen LogP contribution in [-0.4, -0.2) is 28.9 Å². The van der Waals surface area contributed by atoms with Crippen molar-refractivity contribution in [3.05, 3.63) is 88.9 Å². The first-order chi connectivity index (χ1) is 18.3. The molecule has 0 bridgehead atoms. The first-order valence-electron chi connectivity index (χ1n) is 12.5. The highest BCUT2D eigenvalue weighted by atomic mass is 35.5. The van der Waals surface area contributed by atoms with Gasteiger partial charge in [0.05, 0.1) is 15.9 Å². The van der Waals surface area contributed by atoms with Crippen molar-refractivity contribution in [2.24, 2.45) is 0 Å². The summed E-state index contributed by atoms with van der Waals surface area (Å²) in [7, 11) is -4.09. The molecule has 0 saturated heterocycles. The molecule has 9 heteroatoms. The summed E-state index contributed by atoms with van der Waals surface area (Å²) >= 11 is 6.01. The number of aryl methyl sites for hydroxylation is 2. The van der Waals surface area contributed by atoms with E-state index in [1.807, 2.05) is 25.1 Å². The van der Waals surface area contributed by atoms with Gasteiger partial charge < -0.3 is 9.88 Å². The van der Waals surface area contributed by atoms with Crippen LogP contribution in [0.4, 0.5) is 5.82 Å². The SMILES string of the molecule is CCCCCn1c(NC(=O)c2ccc(Cl)cc2)c(S(=O)(=O)c2ccc(C)cc2)c2nc3ccccc3nc21. The fourth-order valence-electron chi connectivity index (χ4n) is 4.40. The van der Waals surface area contributed by atoms with E-state index in [4.69, 9.17) is 21.6 Å². The molecule has 0 spiro atoms. The second-order valence-corrected chi connectivity index (χ2v) is 11.5. The number of unbranched alkanes of at least 4 members (excludes halogenated alkanes) is 2. The topological polar surface area (TPSA) is 94.0 Å². The van der Waals surface area contributed by atoms with Gasteiger partial charge in [-0.15, -0.1) is 0 Å². The third-order valence-corrected chi connectivity index (χ3v) is 8.50. The lowest BCUT2D eigenvalue weighted by molar-refractivity contribution is 0.102. The van der Waals surface area contributed by atoms with Crippen LogP contribution in [0, 0.1) is 6.92 Å². The molecule has 5 aromatic rings. The number of hydrogen-bond acceptors (Lipinski definition) is 5. The van der Waals surface area contributed by atoms with Crippen LogP contribution >= 0.6 is 11.6 Å². The molecule has 0 fully saturated rings. The van der Waals surface area contributed by atoms with E-state index in [9.17, 15) is 13.2 Å². The number of amides is 1. The van der Waals surface area contributed by atoms with E-state index in [-0.39, 0.29) is 21.1 Å². The summed E-state index contributed by atoms with van der Waals surface area (Å²) in [6, 6.07) is 20.4. The Bertz CT molecular complexity index is 1750. The number of sulfone groups is 1. The molecule has 0 aliphatic carbocycles. The van der Waals surface area contributed by atoms with Gasteiger partial charge in [0.2, 0.25) is 9.84 Å². The molecule has 38 heavy (non-hydrogen) atoms. The summed E-state index contributed by atoms with van der Waals surface area (Å²) in [4.78, 5) is 23.0. The van der Waals surface area contributed by atoms with Crippen molar-refractivity contribution in [1.82, 2.24) is 14.5 Å². The highest BCUT2D eigenvalue weighted by Crippen LogP contribution is 2.37. The maximum absolute atomic E-state index is 14.2. The summed E-state index contributed by atoms with van der Waals surface area (Å²) < 4.78 is 30.1. The first kappa shape index (κ1) is 25.9. The quantitative estimate of drug-likeness (QED) is 0.215. The Balaban J connectivity index is 1.79. The lowest BCUT2D eigenvalue weighted by Crippen LogP contribution is -2.18. The number of hydrogen-bond donors (Lipinski definition) is 1. The lowest BCUT2D eigenvalue weighted by atomic mass is 10.2. The summed E-state index contributed by atoms with van der Waals surface area (Å²) in [5.74, 6) is -0.293. The van der Waals surface area contributed by atoms with Crippen LogP contribution < -0.4 is 5.32 Å². The van der Waals surface area contributed by atoms with Crippen LogP contribution in [0.5, 0.6) is 0 Å². The van der Waals surface area contributed by atoms with Gasteiger partial charge in [0, 0.05) is 17.1 Å². The molecule has 0 radical (unpaired) electrons. The zero-order valence-corrected chi connectivity index (χ0v) is 22.7. The number of fused-ring (bicyclic) bond motifs is 2. The molecular formula is C29H27ClN4O3S. The summed E-state index contributed by atoms with van der Waals surface area (Å²) in [6.45, 7) is 4.46. The average molecular weight is 547 g/mol. The molecule has 0 unspecified atom stereocenters. The zero-order valence-electron chi connectivity index (χ0n) is 21.1. The standard InChI is InChI=1S/C29H27ClN4O3S/c1-3-4-7-18-34-27-25(31-23-8-5-6-9-24(23)32-27)26(38(36,37)22-16-10-19(2)11-17-22)28(34)33-29(35)20-12-14-21(30)15-13-20/h5-6,8-17H,3-4,7,18H2,1-2H3,(H,33,35). The van der Waals surface area contributed by atoms with Crippen LogP contribution in [0.1, 0.15) is 42.1 Å². The number of nitrogens with one attached hydrogen (secondary N) is 1. The molecule has 2 heterocycles. The molecule has 2 aromatic heterocycles. The molecule has 1 N–H and O–H groups in total. The Morgan fingerprint density at radius 3 is 2.24 bits per heavy atom. The highest BCUT2D eigenvalue weighted by molar-refractivity contribution is 7.92. The smallest absolute Gasteiger partial charge is 0.256 e.